The van der Waals surface area contributed by atoms with Crippen LogP contribution < -0.4 is 4.90 Å². The molecular formula is C28H24FN3O5S. The van der Waals surface area contributed by atoms with Crippen molar-refractivity contribution in [2.24, 2.45) is 0 Å². The molecular weight excluding hydrogens is 509 g/mol. The largest absolute Gasteiger partial charge is 0.436 e. The first-order valence-electron chi connectivity index (χ1n) is 12.4. The Morgan fingerprint density at radius 2 is 1.61 bits per heavy atom. The van der Waals surface area contributed by atoms with Gasteiger partial charge in [0.05, 0.1) is 17.0 Å². The molecule has 0 bridgehead atoms. The summed E-state index contributed by atoms with van der Waals surface area (Å²) in [6.45, 7) is 0. The molecule has 10 heteroatoms. The molecule has 1 aliphatic carbocycles. The van der Waals surface area contributed by atoms with Crippen LogP contribution in [0.5, 0.6) is 0 Å². The number of amides is 2. The SMILES string of the molecule is O=C1CC(N(C2CCCC2)S(=O)(=O)c2ccc(F)cc2)C(=O)N1c1ccc(-c2nc3ccccc3o2)cc1. The van der Waals surface area contributed by atoms with Crippen molar-refractivity contribution in [1.82, 2.24) is 9.29 Å². The number of hydrogen-bond acceptors (Lipinski definition) is 6. The fourth-order valence-corrected chi connectivity index (χ4v) is 7.17. The summed E-state index contributed by atoms with van der Waals surface area (Å²) in [6, 6.07) is 17.0. The van der Waals surface area contributed by atoms with Crippen LogP contribution in [-0.2, 0) is 19.6 Å². The summed E-state index contributed by atoms with van der Waals surface area (Å²) in [5, 5.41) is 0. The second-order valence-electron chi connectivity index (χ2n) is 9.55. The number of sulfonamides is 1. The van der Waals surface area contributed by atoms with E-state index < -0.39 is 39.7 Å². The summed E-state index contributed by atoms with van der Waals surface area (Å²) in [5.74, 6) is -1.22. The van der Waals surface area contributed by atoms with Crippen molar-refractivity contribution in [3.63, 3.8) is 0 Å². The number of halogens is 1. The van der Waals surface area contributed by atoms with Crippen molar-refractivity contribution in [1.29, 1.82) is 0 Å². The van der Waals surface area contributed by atoms with Crippen molar-refractivity contribution >= 4 is 38.6 Å². The highest BCUT2D eigenvalue weighted by Gasteiger charge is 2.49. The second-order valence-corrected chi connectivity index (χ2v) is 11.4. The zero-order valence-electron chi connectivity index (χ0n) is 20.3. The molecule has 0 spiro atoms. The van der Waals surface area contributed by atoms with Crippen molar-refractivity contribution in [3.05, 3.63) is 78.6 Å². The predicted molar refractivity (Wildman–Crippen MR) is 138 cm³/mol. The molecule has 1 unspecified atom stereocenters. The molecule has 194 valence electrons. The molecule has 1 atom stereocenters. The summed E-state index contributed by atoms with van der Waals surface area (Å²) < 4.78 is 47.9. The van der Waals surface area contributed by atoms with Crippen molar-refractivity contribution in [3.8, 4) is 11.5 Å². The number of carbonyl (C=O) groups is 2. The number of para-hydroxylation sites is 2. The molecule has 0 radical (unpaired) electrons. The van der Waals surface area contributed by atoms with Crippen molar-refractivity contribution in [2.75, 3.05) is 4.90 Å². The second kappa shape index (κ2) is 9.45. The molecule has 1 aliphatic heterocycles. The van der Waals surface area contributed by atoms with E-state index in [1.807, 2.05) is 24.3 Å². The minimum atomic E-state index is -4.16. The van der Waals surface area contributed by atoms with Gasteiger partial charge in [-0.2, -0.15) is 4.31 Å². The molecule has 1 saturated carbocycles. The number of nitrogens with zero attached hydrogens (tertiary/aromatic N) is 3. The monoisotopic (exact) mass is 533 g/mol. The third-order valence-electron chi connectivity index (χ3n) is 7.17. The van der Waals surface area contributed by atoms with Crippen LogP contribution in [0.25, 0.3) is 22.6 Å². The van der Waals surface area contributed by atoms with E-state index in [9.17, 15) is 22.4 Å². The molecule has 8 nitrogen and oxygen atoms in total. The zero-order valence-corrected chi connectivity index (χ0v) is 21.1. The summed E-state index contributed by atoms with van der Waals surface area (Å²) in [6.07, 6.45) is 2.59. The van der Waals surface area contributed by atoms with E-state index in [4.69, 9.17) is 4.42 Å². The molecule has 1 aromatic heterocycles. The minimum Gasteiger partial charge on any atom is -0.436 e. The van der Waals surface area contributed by atoms with Gasteiger partial charge in [0, 0.05) is 11.6 Å². The van der Waals surface area contributed by atoms with E-state index in [2.05, 4.69) is 4.98 Å². The van der Waals surface area contributed by atoms with E-state index >= 15 is 0 Å². The number of carbonyl (C=O) groups excluding carboxylic acids is 2. The topological polar surface area (TPSA) is 101 Å². The normalized spacial score (nSPS) is 18.8. The van der Waals surface area contributed by atoms with Crippen molar-refractivity contribution in [2.45, 2.75) is 49.1 Å². The molecule has 38 heavy (non-hydrogen) atoms. The van der Waals surface area contributed by atoms with E-state index in [0.717, 1.165) is 29.9 Å². The van der Waals surface area contributed by atoms with Gasteiger partial charge in [-0.25, -0.2) is 22.7 Å². The Labute approximate surface area is 218 Å². The first kappa shape index (κ1) is 24.4. The summed E-state index contributed by atoms with van der Waals surface area (Å²) in [4.78, 5) is 32.1. The summed E-state index contributed by atoms with van der Waals surface area (Å²) in [7, 11) is -4.16. The van der Waals surface area contributed by atoms with Gasteiger partial charge >= 0.3 is 0 Å². The minimum absolute atomic E-state index is 0.104. The van der Waals surface area contributed by atoms with Crippen LogP contribution in [0, 0.1) is 5.82 Å². The Kier molecular flexibility index (Phi) is 6.08. The summed E-state index contributed by atoms with van der Waals surface area (Å²) >= 11 is 0. The highest BCUT2D eigenvalue weighted by Crippen LogP contribution is 2.36. The predicted octanol–water partition coefficient (Wildman–Crippen LogP) is 4.90. The van der Waals surface area contributed by atoms with Gasteiger partial charge in [-0.1, -0.05) is 25.0 Å². The van der Waals surface area contributed by atoms with Crippen LogP contribution in [0.15, 0.2) is 82.1 Å². The average molecular weight is 534 g/mol. The highest BCUT2D eigenvalue weighted by atomic mass is 32.2. The maximum absolute atomic E-state index is 13.7. The number of imide groups is 1. The summed E-state index contributed by atoms with van der Waals surface area (Å²) in [5.41, 5.74) is 2.38. The Bertz CT molecular complexity index is 1590. The number of anilines is 1. The van der Waals surface area contributed by atoms with Crippen LogP contribution in [0.1, 0.15) is 32.1 Å². The number of fused-ring (bicyclic) bond motifs is 1. The van der Waals surface area contributed by atoms with Gasteiger partial charge < -0.3 is 4.42 Å². The highest BCUT2D eigenvalue weighted by molar-refractivity contribution is 7.89. The number of hydrogen-bond donors (Lipinski definition) is 0. The third kappa shape index (κ3) is 4.19. The Morgan fingerprint density at radius 3 is 2.29 bits per heavy atom. The standard InChI is InChI=1S/C28H24FN3O5S/c29-19-11-15-22(16-12-19)38(35,36)32(21-5-1-2-6-21)24-17-26(33)31(28(24)34)20-13-9-18(10-14-20)27-30-23-7-3-4-8-25(23)37-27/h3-4,7-16,21,24H,1-2,5-6,17H2. The van der Waals surface area contributed by atoms with Gasteiger partial charge in [-0.3, -0.25) is 9.59 Å². The lowest BCUT2D eigenvalue weighted by Gasteiger charge is -2.32. The van der Waals surface area contributed by atoms with Crippen LogP contribution in [0.2, 0.25) is 0 Å². The van der Waals surface area contributed by atoms with Crippen molar-refractivity contribution < 1.29 is 26.8 Å². The Morgan fingerprint density at radius 1 is 0.921 bits per heavy atom. The molecule has 3 aromatic carbocycles. The smallest absolute Gasteiger partial charge is 0.252 e. The van der Waals surface area contributed by atoms with E-state index in [1.165, 1.54) is 16.4 Å². The van der Waals surface area contributed by atoms with Crippen LogP contribution in [0.4, 0.5) is 10.1 Å². The van der Waals surface area contributed by atoms with Gasteiger partial charge in [0.1, 0.15) is 17.4 Å². The molecule has 2 fully saturated rings. The first-order valence-corrected chi connectivity index (χ1v) is 13.9. The Hall–Kier alpha value is -3.89. The molecule has 1 saturated heterocycles. The fraction of sp³-hybridized carbons (Fsp3) is 0.250. The lowest BCUT2D eigenvalue weighted by atomic mass is 10.1. The van der Waals surface area contributed by atoms with Crippen LogP contribution >= 0.6 is 0 Å². The van der Waals surface area contributed by atoms with Crippen LogP contribution in [-0.4, -0.2) is 41.6 Å². The van der Waals surface area contributed by atoms with Gasteiger partial charge in [0.25, 0.3) is 5.91 Å². The van der Waals surface area contributed by atoms with E-state index in [1.54, 1.807) is 24.3 Å². The lowest BCUT2D eigenvalue weighted by Crippen LogP contribution is -2.49. The molecule has 2 amide bonds. The molecule has 2 heterocycles. The van der Waals surface area contributed by atoms with Gasteiger partial charge in [0.2, 0.25) is 21.8 Å². The van der Waals surface area contributed by atoms with Gasteiger partial charge in [-0.05, 0) is 73.5 Å². The van der Waals surface area contributed by atoms with E-state index in [0.29, 0.717) is 41.1 Å². The third-order valence-corrected chi connectivity index (χ3v) is 9.15. The number of rotatable bonds is 6. The molecule has 6 rings (SSSR count). The zero-order chi connectivity index (χ0) is 26.4. The van der Waals surface area contributed by atoms with Gasteiger partial charge in [0.15, 0.2) is 5.58 Å². The maximum atomic E-state index is 13.7. The van der Waals surface area contributed by atoms with Gasteiger partial charge in [-0.15, -0.1) is 0 Å². The number of aromatic nitrogens is 1. The van der Waals surface area contributed by atoms with E-state index in [-0.39, 0.29) is 11.3 Å². The van der Waals surface area contributed by atoms with Crippen LogP contribution in [0.3, 0.4) is 0 Å². The number of oxazole rings is 1. The number of benzene rings is 3. The molecule has 4 aromatic rings. The first-order chi connectivity index (χ1) is 18.3. The fourth-order valence-electron chi connectivity index (χ4n) is 5.34. The Balaban J connectivity index is 1.31. The maximum Gasteiger partial charge on any atom is 0.252 e. The molecule has 2 aliphatic rings. The molecule has 0 N–H and O–H groups in total. The quantitative estimate of drug-likeness (QED) is 0.327. The lowest BCUT2D eigenvalue weighted by molar-refractivity contribution is -0.122. The average Bonchev–Trinajstić information content (AvgIpc) is 3.65.